The smallest absolute Gasteiger partial charge is 0.333 e. The molecule has 0 aliphatic carbocycles. The maximum Gasteiger partial charge on any atom is 0.333 e. The van der Waals surface area contributed by atoms with Gasteiger partial charge in [-0.1, -0.05) is 20.3 Å². The Bertz CT molecular complexity index is 475. The number of aromatic hydroxyl groups is 2. The van der Waals surface area contributed by atoms with Crippen molar-refractivity contribution in [2.45, 2.75) is 52.6 Å². The lowest BCUT2D eigenvalue weighted by Crippen LogP contribution is -2.35. The zero-order chi connectivity index (χ0) is 16.3. The average Bonchev–Trinajstić information content (AvgIpc) is 2.69. The second-order valence-corrected chi connectivity index (χ2v) is 6.29. The lowest BCUT2D eigenvalue weighted by molar-refractivity contribution is -0.149. The van der Waals surface area contributed by atoms with Crippen molar-refractivity contribution in [1.82, 2.24) is 4.73 Å². The summed E-state index contributed by atoms with van der Waals surface area (Å²) >= 11 is 0. The van der Waals surface area contributed by atoms with Crippen molar-refractivity contribution in [2.75, 3.05) is 7.11 Å². The predicted molar refractivity (Wildman–Crippen MR) is 78.1 cm³/mol. The van der Waals surface area contributed by atoms with Gasteiger partial charge in [0.05, 0.1) is 12.0 Å². The summed E-state index contributed by atoms with van der Waals surface area (Å²) in [4.78, 5) is 17.1. The maximum atomic E-state index is 12.1. The van der Waals surface area contributed by atoms with Crippen LogP contribution in [0, 0.1) is 5.41 Å². The minimum atomic E-state index is -0.520. The van der Waals surface area contributed by atoms with Gasteiger partial charge in [0.2, 0.25) is 11.8 Å². The Hall–Kier alpha value is -1.69. The Morgan fingerprint density at radius 1 is 1.24 bits per heavy atom. The molecule has 1 atom stereocenters. The number of nitrogens with zero attached hydrogens (tertiary/aromatic N) is 1. The Morgan fingerprint density at radius 3 is 2.19 bits per heavy atom. The molecule has 0 amide bonds. The van der Waals surface area contributed by atoms with Crippen LogP contribution < -0.4 is 4.84 Å². The highest BCUT2D eigenvalue weighted by Crippen LogP contribution is 2.36. The van der Waals surface area contributed by atoms with Crippen LogP contribution in [0.3, 0.4) is 0 Å². The highest BCUT2D eigenvalue weighted by atomic mass is 16.7. The predicted octanol–water partition coefficient (Wildman–Crippen LogP) is 2.48. The molecule has 0 saturated heterocycles. The molecule has 2 N–H and O–H groups in total. The molecule has 0 aliphatic heterocycles. The summed E-state index contributed by atoms with van der Waals surface area (Å²) < 4.78 is 6.13. The number of carbonyl (C=O) groups is 1. The quantitative estimate of drug-likeness (QED) is 0.808. The van der Waals surface area contributed by atoms with Crippen molar-refractivity contribution in [3.8, 4) is 11.8 Å². The third kappa shape index (κ3) is 4.67. The first-order valence-electron chi connectivity index (χ1n) is 6.98. The van der Waals surface area contributed by atoms with Gasteiger partial charge < -0.3 is 19.8 Å². The van der Waals surface area contributed by atoms with Gasteiger partial charge in [0, 0.05) is 19.2 Å². The van der Waals surface area contributed by atoms with Gasteiger partial charge in [0.15, 0.2) is 0 Å². The molecular formula is C15H25NO5. The largest absolute Gasteiger partial charge is 0.492 e. The second-order valence-electron chi connectivity index (χ2n) is 6.29. The Morgan fingerprint density at radius 2 is 1.76 bits per heavy atom. The molecule has 6 heteroatoms. The summed E-state index contributed by atoms with van der Waals surface area (Å²) in [5.74, 6) is -1.17. The van der Waals surface area contributed by atoms with Gasteiger partial charge in [0.25, 0.3) is 0 Å². The molecule has 0 spiro atoms. The fraction of sp³-hybridized carbons (Fsp3) is 0.667. The van der Waals surface area contributed by atoms with Gasteiger partial charge >= 0.3 is 5.97 Å². The normalized spacial score (nSPS) is 14.7. The lowest BCUT2D eigenvalue weighted by atomic mass is 9.75. The van der Waals surface area contributed by atoms with Crippen molar-refractivity contribution in [3.63, 3.8) is 0 Å². The molecule has 0 saturated carbocycles. The van der Waals surface area contributed by atoms with E-state index in [9.17, 15) is 15.0 Å². The van der Waals surface area contributed by atoms with E-state index in [1.54, 1.807) is 7.11 Å². The number of rotatable bonds is 7. The van der Waals surface area contributed by atoms with Crippen LogP contribution in [0.5, 0.6) is 11.8 Å². The summed E-state index contributed by atoms with van der Waals surface area (Å²) in [7, 11) is 1.64. The number of hydrogen-bond donors (Lipinski definition) is 2. The van der Waals surface area contributed by atoms with Crippen molar-refractivity contribution < 1.29 is 24.6 Å². The fourth-order valence-electron chi connectivity index (χ4n) is 2.39. The summed E-state index contributed by atoms with van der Waals surface area (Å²) in [5.41, 5.74) is -0.641. The van der Waals surface area contributed by atoms with Gasteiger partial charge in [0.1, 0.15) is 0 Å². The zero-order valence-electron chi connectivity index (χ0n) is 13.3. The van der Waals surface area contributed by atoms with Crippen LogP contribution in [0.4, 0.5) is 0 Å². The van der Waals surface area contributed by atoms with Crippen LogP contribution in [0.1, 0.15) is 47.0 Å². The summed E-state index contributed by atoms with van der Waals surface area (Å²) in [6, 6.07) is 2.49. The van der Waals surface area contributed by atoms with E-state index >= 15 is 0 Å². The van der Waals surface area contributed by atoms with E-state index in [0.29, 0.717) is 11.2 Å². The molecule has 1 unspecified atom stereocenters. The first-order chi connectivity index (χ1) is 9.62. The Kier molecular flexibility index (Phi) is 5.28. The van der Waals surface area contributed by atoms with Crippen molar-refractivity contribution in [2.24, 2.45) is 5.41 Å². The molecule has 21 heavy (non-hydrogen) atoms. The van der Waals surface area contributed by atoms with Crippen LogP contribution in [0.15, 0.2) is 12.1 Å². The first kappa shape index (κ1) is 17.4. The molecule has 1 aromatic rings. The highest BCUT2D eigenvalue weighted by molar-refractivity contribution is 5.70. The standard InChI is InChI=1S/C15H25NO5/c1-6-15(4,10-14(2,3)20-5)9-13(19)21-16-11(17)7-8-12(16)18/h7-8,17-18H,6,9-10H2,1-5H3. The third-order valence-electron chi connectivity index (χ3n) is 3.82. The van der Waals surface area contributed by atoms with Gasteiger partial charge in [-0.3, -0.25) is 0 Å². The van der Waals surface area contributed by atoms with Crippen LogP contribution >= 0.6 is 0 Å². The van der Waals surface area contributed by atoms with Crippen LogP contribution in [0.2, 0.25) is 0 Å². The van der Waals surface area contributed by atoms with E-state index in [-0.39, 0.29) is 29.2 Å². The Labute approximate surface area is 125 Å². The van der Waals surface area contributed by atoms with E-state index < -0.39 is 5.97 Å². The minimum Gasteiger partial charge on any atom is -0.492 e. The van der Waals surface area contributed by atoms with Crippen molar-refractivity contribution in [1.29, 1.82) is 0 Å². The number of methoxy groups -OCH3 is 1. The van der Waals surface area contributed by atoms with Gasteiger partial charge in [-0.2, -0.15) is 0 Å². The number of aromatic nitrogens is 1. The monoisotopic (exact) mass is 299 g/mol. The molecule has 6 nitrogen and oxygen atoms in total. The van der Waals surface area contributed by atoms with Crippen molar-refractivity contribution in [3.05, 3.63) is 12.1 Å². The van der Waals surface area contributed by atoms with E-state index in [0.717, 1.165) is 6.42 Å². The molecular weight excluding hydrogens is 274 g/mol. The number of hydrogen-bond acceptors (Lipinski definition) is 5. The SMILES string of the molecule is CCC(C)(CC(=O)On1c(O)ccc1O)CC(C)(C)OC. The van der Waals surface area contributed by atoms with Crippen molar-refractivity contribution >= 4 is 5.97 Å². The van der Waals surface area contributed by atoms with Crippen LogP contribution in [0.25, 0.3) is 0 Å². The maximum absolute atomic E-state index is 12.1. The number of carbonyl (C=O) groups excluding carboxylic acids is 1. The van der Waals surface area contributed by atoms with Crippen LogP contribution in [-0.4, -0.2) is 33.6 Å². The lowest BCUT2D eigenvalue weighted by Gasteiger charge is -2.35. The van der Waals surface area contributed by atoms with Crippen LogP contribution in [-0.2, 0) is 9.53 Å². The summed E-state index contributed by atoms with van der Waals surface area (Å²) in [5, 5.41) is 18.9. The topological polar surface area (TPSA) is 80.9 Å². The molecule has 1 aromatic heterocycles. The molecule has 120 valence electrons. The minimum absolute atomic E-state index is 0.160. The van der Waals surface area contributed by atoms with Gasteiger partial charge in [-0.15, -0.1) is 4.73 Å². The highest BCUT2D eigenvalue weighted by Gasteiger charge is 2.34. The molecule has 0 radical (unpaired) electrons. The van der Waals surface area contributed by atoms with E-state index in [1.807, 2.05) is 27.7 Å². The molecule has 0 fully saturated rings. The summed E-state index contributed by atoms with van der Waals surface area (Å²) in [6.07, 6.45) is 1.62. The fourth-order valence-corrected chi connectivity index (χ4v) is 2.39. The first-order valence-corrected chi connectivity index (χ1v) is 6.98. The Balaban J connectivity index is 2.75. The third-order valence-corrected chi connectivity index (χ3v) is 3.82. The van der Waals surface area contributed by atoms with E-state index in [2.05, 4.69) is 0 Å². The van der Waals surface area contributed by atoms with E-state index in [4.69, 9.17) is 9.57 Å². The summed E-state index contributed by atoms with van der Waals surface area (Å²) in [6.45, 7) is 7.93. The molecule has 1 heterocycles. The molecule has 0 bridgehead atoms. The molecule has 0 aromatic carbocycles. The average molecular weight is 299 g/mol. The van der Waals surface area contributed by atoms with Gasteiger partial charge in [-0.05, 0) is 25.7 Å². The molecule has 1 rings (SSSR count). The molecule has 0 aliphatic rings. The zero-order valence-corrected chi connectivity index (χ0v) is 13.3. The van der Waals surface area contributed by atoms with E-state index in [1.165, 1.54) is 12.1 Å². The second kappa shape index (κ2) is 6.39. The van der Waals surface area contributed by atoms with Gasteiger partial charge in [-0.25, -0.2) is 4.79 Å². The number of ether oxygens (including phenoxy) is 1.